The second-order valence-corrected chi connectivity index (χ2v) is 9.74. The van der Waals surface area contributed by atoms with Gasteiger partial charge in [0, 0.05) is 31.1 Å². The molecule has 34 heavy (non-hydrogen) atoms. The van der Waals surface area contributed by atoms with Gasteiger partial charge in [0.25, 0.3) is 5.91 Å². The summed E-state index contributed by atoms with van der Waals surface area (Å²) in [6.07, 6.45) is 0.580. The number of sulfonamides is 1. The summed E-state index contributed by atoms with van der Waals surface area (Å²) in [5.41, 5.74) is -0.358. The first-order valence-electron chi connectivity index (χ1n) is 10.6. The normalized spacial score (nSPS) is 19.7. The standard InChI is InChI=1S/C22H24N4O7S/c1-22(20(28)25-21(29)26-22)14-4-2-5-15(12-14)24-19(27)8-9-23-34(30,31)16-6-7-17-18(13-16)33-11-3-10-32-17/h2,4-7,12-13,23H,3,8-11H2,1H3,(H,24,27)(H2,25,26,28,29). The molecule has 1 saturated heterocycles. The summed E-state index contributed by atoms with van der Waals surface area (Å²) in [6.45, 7) is 2.36. The number of benzene rings is 2. The molecule has 2 heterocycles. The summed E-state index contributed by atoms with van der Waals surface area (Å²) < 4.78 is 38.7. The van der Waals surface area contributed by atoms with Crippen LogP contribution in [-0.2, 0) is 25.2 Å². The van der Waals surface area contributed by atoms with Crippen LogP contribution in [0.1, 0.15) is 25.3 Å². The number of carbonyl (C=O) groups is 3. The monoisotopic (exact) mass is 488 g/mol. The van der Waals surface area contributed by atoms with Crippen LogP contribution in [0, 0.1) is 0 Å². The minimum absolute atomic E-state index is 0.00925. The van der Waals surface area contributed by atoms with E-state index in [4.69, 9.17) is 9.47 Å². The molecule has 180 valence electrons. The highest BCUT2D eigenvalue weighted by molar-refractivity contribution is 7.89. The average molecular weight is 489 g/mol. The fraction of sp³-hybridized carbons (Fsp3) is 0.318. The number of amides is 4. The molecule has 12 heteroatoms. The summed E-state index contributed by atoms with van der Waals surface area (Å²) in [7, 11) is -3.86. The average Bonchev–Trinajstić information content (AvgIpc) is 2.94. The number of nitrogens with one attached hydrogen (secondary N) is 4. The Morgan fingerprint density at radius 2 is 1.85 bits per heavy atom. The summed E-state index contributed by atoms with van der Waals surface area (Å²) in [4.78, 5) is 36.0. The Bertz CT molecular complexity index is 1250. The zero-order chi connectivity index (χ0) is 24.3. The Hall–Kier alpha value is -3.64. The maximum Gasteiger partial charge on any atom is 0.322 e. The van der Waals surface area contributed by atoms with Crippen LogP contribution in [0.25, 0.3) is 0 Å². The highest BCUT2D eigenvalue weighted by Crippen LogP contribution is 2.32. The van der Waals surface area contributed by atoms with Crippen LogP contribution < -0.4 is 30.1 Å². The lowest BCUT2D eigenvalue weighted by molar-refractivity contribution is -0.123. The highest BCUT2D eigenvalue weighted by Gasteiger charge is 2.43. The van der Waals surface area contributed by atoms with Gasteiger partial charge < -0.3 is 20.1 Å². The summed E-state index contributed by atoms with van der Waals surface area (Å²) in [5.74, 6) is -0.0749. The second kappa shape index (κ2) is 9.31. The van der Waals surface area contributed by atoms with Gasteiger partial charge in [-0.15, -0.1) is 0 Å². The van der Waals surface area contributed by atoms with Crippen molar-refractivity contribution in [2.45, 2.75) is 30.2 Å². The van der Waals surface area contributed by atoms with Crippen molar-refractivity contribution < 1.29 is 32.3 Å². The van der Waals surface area contributed by atoms with Gasteiger partial charge in [0.2, 0.25) is 15.9 Å². The Morgan fingerprint density at radius 3 is 2.59 bits per heavy atom. The molecule has 4 N–H and O–H groups in total. The van der Waals surface area contributed by atoms with Gasteiger partial charge in [0.05, 0.1) is 18.1 Å². The molecule has 2 aromatic rings. The van der Waals surface area contributed by atoms with Crippen molar-refractivity contribution in [1.82, 2.24) is 15.4 Å². The number of ether oxygens (including phenoxy) is 2. The quantitative estimate of drug-likeness (QED) is 0.428. The van der Waals surface area contributed by atoms with Gasteiger partial charge in [-0.2, -0.15) is 0 Å². The predicted molar refractivity (Wildman–Crippen MR) is 121 cm³/mol. The van der Waals surface area contributed by atoms with Crippen molar-refractivity contribution in [3.63, 3.8) is 0 Å². The molecule has 1 atom stereocenters. The zero-order valence-corrected chi connectivity index (χ0v) is 19.2. The van der Waals surface area contributed by atoms with E-state index in [1.165, 1.54) is 12.1 Å². The van der Waals surface area contributed by atoms with E-state index in [1.807, 2.05) is 0 Å². The molecule has 1 unspecified atom stereocenters. The van der Waals surface area contributed by atoms with Crippen molar-refractivity contribution in [3.05, 3.63) is 48.0 Å². The van der Waals surface area contributed by atoms with Crippen LogP contribution >= 0.6 is 0 Å². The fourth-order valence-corrected chi connectivity index (χ4v) is 4.62. The molecule has 0 radical (unpaired) electrons. The summed E-state index contributed by atoms with van der Waals surface area (Å²) >= 11 is 0. The van der Waals surface area contributed by atoms with E-state index in [0.29, 0.717) is 42.4 Å². The van der Waals surface area contributed by atoms with Crippen LogP contribution in [-0.4, -0.2) is 46.0 Å². The van der Waals surface area contributed by atoms with Crippen molar-refractivity contribution >= 4 is 33.6 Å². The SMILES string of the molecule is CC1(c2cccc(NC(=O)CCNS(=O)(=O)c3ccc4c(c3)OCCCO4)c2)NC(=O)NC1=O. The molecule has 0 aromatic heterocycles. The summed E-state index contributed by atoms with van der Waals surface area (Å²) in [5, 5.41) is 7.41. The maximum atomic E-state index is 12.6. The number of carbonyl (C=O) groups excluding carboxylic acids is 3. The first-order valence-corrected chi connectivity index (χ1v) is 12.1. The maximum absolute atomic E-state index is 12.6. The molecular formula is C22H24N4O7S. The Labute approximate surface area is 196 Å². The first kappa shape index (κ1) is 23.5. The van der Waals surface area contributed by atoms with E-state index in [2.05, 4.69) is 20.7 Å². The van der Waals surface area contributed by atoms with E-state index in [9.17, 15) is 22.8 Å². The zero-order valence-electron chi connectivity index (χ0n) is 18.3. The molecule has 2 aliphatic rings. The van der Waals surface area contributed by atoms with Gasteiger partial charge in [-0.1, -0.05) is 12.1 Å². The second-order valence-electron chi connectivity index (χ2n) is 7.97. The van der Waals surface area contributed by atoms with Gasteiger partial charge >= 0.3 is 6.03 Å². The molecule has 11 nitrogen and oxygen atoms in total. The third-order valence-electron chi connectivity index (χ3n) is 5.44. The molecule has 0 saturated carbocycles. The number of anilines is 1. The molecule has 0 spiro atoms. The van der Waals surface area contributed by atoms with Gasteiger partial charge in [0.15, 0.2) is 11.5 Å². The van der Waals surface area contributed by atoms with Crippen LogP contribution in [0.15, 0.2) is 47.4 Å². The molecule has 4 amide bonds. The molecular weight excluding hydrogens is 464 g/mol. The summed E-state index contributed by atoms with van der Waals surface area (Å²) in [6, 6.07) is 10.3. The lowest BCUT2D eigenvalue weighted by atomic mass is 9.92. The van der Waals surface area contributed by atoms with E-state index in [-0.39, 0.29) is 17.9 Å². The minimum Gasteiger partial charge on any atom is -0.490 e. The van der Waals surface area contributed by atoms with Crippen molar-refractivity contribution in [3.8, 4) is 11.5 Å². The number of imide groups is 1. The van der Waals surface area contributed by atoms with Crippen LogP contribution in [0.5, 0.6) is 11.5 Å². The van der Waals surface area contributed by atoms with E-state index in [0.717, 1.165) is 0 Å². The topological polar surface area (TPSA) is 152 Å². The van der Waals surface area contributed by atoms with Crippen molar-refractivity contribution in [2.24, 2.45) is 0 Å². The van der Waals surface area contributed by atoms with Gasteiger partial charge in [0.1, 0.15) is 5.54 Å². The van der Waals surface area contributed by atoms with E-state index >= 15 is 0 Å². The third-order valence-corrected chi connectivity index (χ3v) is 6.90. The fourth-order valence-electron chi connectivity index (χ4n) is 3.57. The molecule has 2 aliphatic heterocycles. The molecule has 2 aromatic carbocycles. The Kier molecular flexibility index (Phi) is 6.44. The van der Waals surface area contributed by atoms with E-state index < -0.39 is 33.4 Å². The van der Waals surface area contributed by atoms with Gasteiger partial charge in [-0.25, -0.2) is 17.9 Å². The van der Waals surface area contributed by atoms with Crippen molar-refractivity contribution in [2.75, 3.05) is 25.1 Å². The number of hydrogen-bond acceptors (Lipinski definition) is 7. The number of urea groups is 1. The molecule has 0 aliphatic carbocycles. The number of fused-ring (bicyclic) bond motifs is 1. The first-order chi connectivity index (χ1) is 16.2. The molecule has 1 fully saturated rings. The molecule has 0 bridgehead atoms. The minimum atomic E-state index is -3.86. The lowest BCUT2D eigenvalue weighted by Gasteiger charge is -2.21. The highest BCUT2D eigenvalue weighted by atomic mass is 32.2. The van der Waals surface area contributed by atoms with Gasteiger partial charge in [-0.3, -0.25) is 14.9 Å². The Morgan fingerprint density at radius 1 is 1.09 bits per heavy atom. The predicted octanol–water partition coefficient (Wildman–Crippen LogP) is 1.21. The number of hydrogen-bond donors (Lipinski definition) is 4. The smallest absolute Gasteiger partial charge is 0.322 e. The molecule has 4 rings (SSSR count). The van der Waals surface area contributed by atoms with Crippen LogP contribution in [0.2, 0.25) is 0 Å². The van der Waals surface area contributed by atoms with Crippen LogP contribution in [0.3, 0.4) is 0 Å². The largest absolute Gasteiger partial charge is 0.490 e. The number of rotatable bonds is 7. The van der Waals surface area contributed by atoms with Crippen molar-refractivity contribution in [1.29, 1.82) is 0 Å². The van der Waals surface area contributed by atoms with E-state index in [1.54, 1.807) is 37.3 Å². The van der Waals surface area contributed by atoms with Crippen LogP contribution in [0.4, 0.5) is 10.5 Å². The lowest BCUT2D eigenvalue weighted by Crippen LogP contribution is -2.40. The Balaban J connectivity index is 1.34. The van der Waals surface area contributed by atoms with Gasteiger partial charge in [-0.05, 0) is 36.8 Å². The third kappa shape index (κ3) is 4.97.